The summed E-state index contributed by atoms with van der Waals surface area (Å²) in [5, 5.41) is 20.8. The molecule has 2 N–H and O–H groups in total. The largest absolute Gasteiger partial charge is 0.475 e. The fourth-order valence-electron chi connectivity index (χ4n) is 1.71. The molecule has 0 spiro atoms. The van der Waals surface area contributed by atoms with Crippen LogP contribution in [0.1, 0.15) is 34.8 Å². The molecule has 0 aliphatic rings. The molecule has 5 nitrogen and oxygen atoms in total. The van der Waals surface area contributed by atoms with Crippen LogP contribution in [0.2, 0.25) is 0 Å². The second-order valence-electron chi connectivity index (χ2n) is 4.18. The minimum Gasteiger partial charge on any atom is -0.475 e. The Morgan fingerprint density at radius 2 is 2.20 bits per heavy atom. The number of anilines is 1. The van der Waals surface area contributed by atoms with Crippen LogP contribution in [0.25, 0.3) is 0 Å². The Hall–Kier alpha value is -2.26. The predicted molar refractivity (Wildman–Crippen MR) is 76.6 cm³/mol. The first kappa shape index (κ1) is 14.2. The first-order valence-electron chi connectivity index (χ1n) is 5.80. The van der Waals surface area contributed by atoms with E-state index in [1.165, 1.54) is 6.07 Å². The lowest BCUT2D eigenvalue weighted by Crippen LogP contribution is -2.06. The van der Waals surface area contributed by atoms with Crippen LogP contribution in [-0.4, -0.2) is 11.1 Å². The molecule has 0 bridgehead atoms. The van der Waals surface area contributed by atoms with Gasteiger partial charge in [0.2, 0.25) is 5.76 Å². The second-order valence-corrected chi connectivity index (χ2v) is 5.03. The van der Waals surface area contributed by atoms with Gasteiger partial charge in [-0.3, -0.25) is 0 Å². The smallest absolute Gasteiger partial charge is 0.371 e. The molecule has 20 heavy (non-hydrogen) atoms. The van der Waals surface area contributed by atoms with Gasteiger partial charge >= 0.3 is 5.97 Å². The van der Waals surface area contributed by atoms with E-state index in [-0.39, 0.29) is 11.8 Å². The number of nitrogens with zero attached hydrogens (tertiary/aromatic N) is 1. The van der Waals surface area contributed by atoms with E-state index in [1.807, 2.05) is 6.92 Å². The number of halogens is 1. The zero-order valence-corrected chi connectivity index (χ0v) is 12.1. The van der Waals surface area contributed by atoms with Gasteiger partial charge in [-0.25, -0.2) is 4.79 Å². The van der Waals surface area contributed by atoms with Crippen molar-refractivity contribution in [1.29, 1.82) is 5.26 Å². The number of carboxylic acid groups (broad SMARTS) is 1. The van der Waals surface area contributed by atoms with Gasteiger partial charge in [-0.1, -0.05) is 0 Å². The summed E-state index contributed by atoms with van der Waals surface area (Å²) in [4.78, 5) is 10.8. The Balaban J connectivity index is 2.16. The molecule has 2 rings (SSSR count). The molecule has 0 aliphatic heterocycles. The molecule has 2 aromatic rings. The molecule has 102 valence electrons. The fraction of sp³-hybridized carbons (Fsp3) is 0.143. The minimum absolute atomic E-state index is 0.0902. The highest BCUT2D eigenvalue weighted by Crippen LogP contribution is 2.28. The van der Waals surface area contributed by atoms with Gasteiger partial charge in [-0.05, 0) is 53.2 Å². The third-order valence-electron chi connectivity index (χ3n) is 2.73. The zero-order valence-electron chi connectivity index (χ0n) is 10.6. The Morgan fingerprint density at radius 1 is 1.45 bits per heavy atom. The van der Waals surface area contributed by atoms with E-state index in [0.717, 1.165) is 10.2 Å². The van der Waals surface area contributed by atoms with E-state index in [9.17, 15) is 4.79 Å². The number of hydrogen-bond acceptors (Lipinski definition) is 4. The average molecular weight is 335 g/mol. The van der Waals surface area contributed by atoms with E-state index in [0.29, 0.717) is 11.3 Å². The lowest BCUT2D eigenvalue weighted by Gasteiger charge is -2.14. The third-order valence-corrected chi connectivity index (χ3v) is 3.39. The lowest BCUT2D eigenvalue weighted by molar-refractivity contribution is 0.0660. The fourth-order valence-corrected chi connectivity index (χ4v) is 2.20. The molecular formula is C14H11BrN2O3. The third kappa shape index (κ3) is 3.00. The van der Waals surface area contributed by atoms with Gasteiger partial charge in [0.1, 0.15) is 5.76 Å². The number of aromatic carboxylic acids is 1. The predicted octanol–water partition coefficient (Wildman–Crippen LogP) is 3.79. The molecule has 0 saturated carbocycles. The average Bonchev–Trinajstić information content (AvgIpc) is 2.91. The molecule has 0 saturated heterocycles. The maximum atomic E-state index is 10.8. The Bertz CT molecular complexity index is 688. The van der Waals surface area contributed by atoms with Crippen molar-refractivity contribution >= 4 is 27.6 Å². The quantitative estimate of drug-likeness (QED) is 0.888. The molecule has 0 aliphatic carbocycles. The van der Waals surface area contributed by atoms with Crippen molar-refractivity contribution in [3.63, 3.8) is 0 Å². The highest BCUT2D eigenvalue weighted by atomic mass is 79.9. The van der Waals surface area contributed by atoms with Crippen LogP contribution in [0.3, 0.4) is 0 Å². The lowest BCUT2D eigenvalue weighted by atomic mass is 10.2. The van der Waals surface area contributed by atoms with E-state index >= 15 is 0 Å². The summed E-state index contributed by atoms with van der Waals surface area (Å²) in [5.41, 5.74) is 1.35. The minimum atomic E-state index is -1.09. The second kappa shape index (κ2) is 5.80. The molecule has 1 heterocycles. The number of furan rings is 1. The molecule has 0 fully saturated rings. The van der Waals surface area contributed by atoms with Crippen molar-refractivity contribution in [2.75, 3.05) is 5.32 Å². The maximum Gasteiger partial charge on any atom is 0.371 e. The number of nitriles is 1. The van der Waals surface area contributed by atoms with Crippen LogP contribution in [0.4, 0.5) is 5.69 Å². The molecule has 6 heteroatoms. The molecule has 1 atom stereocenters. The van der Waals surface area contributed by atoms with Gasteiger partial charge in [-0.15, -0.1) is 0 Å². The van der Waals surface area contributed by atoms with E-state index in [2.05, 4.69) is 27.3 Å². The molecular weight excluding hydrogens is 324 g/mol. The van der Waals surface area contributed by atoms with Crippen LogP contribution in [0, 0.1) is 11.3 Å². The summed E-state index contributed by atoms with van der Waals surface area (Å²) >= 11 is 3.38. The molecule has 1 unspecified atom stereocenters. The van der Waals surface area contributed by atoms with Gasteiger partial charge in [0.25, 0.3) is 0 Å². The molecule has 1 aromatic heterocycles. The van der Waals surface area contributed by atoms with Crippen molar-refractivity contribution in [1.82, 2.24) is 0 Å². The summed E-state index contributed by atoms with van der Waals surface area (Å²) in [6.45, 7) is 1.86. The number of rotatable bonds is 4. The normalized spacial score (nSPS) is 11.7. The monoisotopic (exact) mass is 334 g/mol. The number of carbonyl (C=O) groups is 1. The summed E-state index contributed by atoms with van der Waals surface area (Å²) in [6, 6.07) is 10.1. The van der Waals surface area contributed by atoms with Gasteiger partial charge < -0.3 is 14.8 Å². The Morgan fingerprint density at radius 3 is 2.75 bits per heavy atom. The molecule has 0 amide bonds. The zero-order chi connectivity index (χ0) is 14.7. The number of nitrogens with one attached hydrogen (secondary N) is 1. The summed E-state index contributed by atoms with van der Waals surface area (Å²) in [7, 11) is 0. The summed E-state index contributed by atoms with van der Waals surface area (Å²) in [5.74, 6) is -0.658. The highest BCUT2D eigenvalue weighted by molar-refractivity contribution is 9.10. The van der Waals surface area contributed by atoms with Crippen LogP contribution >= 0.6 is 15.9 Å². The van der Waals surface area contributed by atoms with Crippen LogP contribution < -0.4 is 5.32 Å². The van der Waals surface area contributed by atoms with Gasteiger partial charge in [-0.2, -0.15) is 5.26 Å². The van der Waals surface area contributed by atoms with Gasteiger partial charge in [0.15, 0.2) is 0 Å². The van der Waals surface area contributed by atoms with Crippen molar-refractivity contribution in [2.24, 2.45) is 0 Å². The van der Waals surface area contributed by atoms with Crippen molar-refractivity contribution in [3.8, 4) is 6.07 Å². The van der Waals surface area contributed by atoms with Crippen LogP contribution in [0.15, 0.2) is 39.2 Å². The SMILES string of the molecule is CC(Nc1ccc(C#N)cc1Br)c1ccc(C(=O)O)o1. The maximum absolute atomic E-state index is 10.8. The van der Waals surface area contributed by atoms with Crippen molar-refractivity contribution in [2.45, 2.75) is 13.0 Å². The summed E-state index contributed by atoms with van der Waals surface area (Å²) in [6.07, 6.45) is 0. The molecule has 1 aromatic carbocycles. The number of hydrogen-bond donors (Lipinski definition) is 2. The summed E-state index contributed by atoms with van der Waals surface area (Å²) < 4.78 is 5.99. The van der Waals surface area contributed by atoms with E-state index in [1.54, 1.807) is 24.3 Å². The van der Waals surface area contributed by atoms with Crippen molar-refractivity contribution in [3.05, 3.63) is 51.9 Å². The Kier molecular flexibility index (Phi) is 4.11. The van der Waals surface area contributed by atoms with Gasteiger partial charge in [0.05, 0.1) is 17.7 Å². The first-order chi connectivity index (χ1) is 9.51. The standard InChI is InChI=1S/C14H11BrN2O3/c1-8(12-4-5-13(20-12)14(18)19)17-11-3-2-9(7-16)6-10(11)15/h2-6,8,17H,1H3,(H,18,19). The van der Waals surface area contributed by atoms with E-state index in [4.69, 9.17) is 14.8 Å². The number of carboxylic acids is 1. The topological polar surface area (TPSA) is 86.3 Å². The van der Waals surface area contributed by atoms with E-state index < -0.39 is 5.97 Å². The highest BCUT2D eigenvalue weighted by Gasteiger charge is 2.15. The van der Waals surface area contributed by atoms with Crippen LogP contribution in [0.5, 0.6) is 0 Å². The Labute approximate surface area is 124 Å². The number of benzene rings is 1. The molecule has 0 radical (unpaired) electrons. The van der Waals surface area contributed by atoms with Crippen LogP contribution in [-0.2, 0) is 0 Å². The van der Waals surface area contributed by atoms with Gasteiger partial charge in [0, 0.05) is 10.2 Å². The van der Waals surface area contributed by atoms with Crippen molar-refractivity contribution < 1.29 is 14.3 Å². The first-order valence-corrected chi connectivity index (χ1v) is 6.59.